The lowest BCUT2D eigenvalue weighted by atomic mass is 10.3. The Morgan fingerprint density at radius 3 is 2.57 bits per heavy atom. The Morgan fingerprint density at radius 2 is 1.93 bits per heavy atom. The molecule has 0 aliphatic rings. The van der Waals surface area contributed by atoms with Gasteiger partial charge in [-0.1, -0.05) is 31.9 Å². The average Bonchev–Trinajstić information content (AvgIpc) is 2.25. The molecule has 0 aromatic heterocycles. The van der Waals surface area contributed by atoms with Crippen LogP contribution in [0.1, 0.15) is 19.8 Å². The molecular weight excluding hydrogens is 192 g/mol. The van der Waals surface area contributed by atoms with Gasteiger partial charge in [0, 0.05) is 0 Å². The van der Waals surface area contributed by atoms with Crippen molar-refractivity contribution in [2.45, 2.75) is 25.8 Å². The fraction of sp³-hybridized carbons (Fsp3) is 0.455. The first-order chi connectivity index (χ1) is 6.88. The van der Waals surface area contributed by atoms with Crippen LogP contribution < -0.4 is 9.16 Å². The van der Waals surface area contributed by atoms with Crippen molar-refractivity contribution in [2.24, 2.45) is 0 Å². The molecule has 0 saturated heterocycles. The van der Waals surface area contributed by atoms with Crippen LogP contribution in [0.2, 0.25) is 6.04 Å². The number of methoxy groups -OCH3 is 1. The number of benzene rings is 1. The maximum atomic E-state index is 5.74. The molecule has 2 nitrogen and oxygen atoms in total. The predicted octanol–water partition coefficient (Wildman–Crippen LogP) is 2.38. The first kappa shape index (κ1) is 11.1. The molecule has 0 atom stereocenters. The molecule has 0 bridgehead atoms. The molecule has 0 aliphatic heterocycles. The highest BCUT2D eigenvalue weighted by Crippen LogP contribution is 2.25. The Balaban J connectivity index is 2.41. The number of ether oxygens (including phenoxy) is 1. The van der Waals surface area contributed by atoms with Gasteiger partial charge in [0.15, 0.2) is 5.75 Å². The van der Waals surface area contributed by atoms with Crippen LogP contribution in [0.3, 0.4) is 0 Å². The van der Waals surface area contributed by atoms with Gasteiger partial charge < -0.3 is 9.16 Å². The highest BCUT2D eigenvalue weighted by molar-refractivity contribution is 6.28. The van der Waals surface area contributed by atoms with Gasteiger partial charge in [-0.25, -0.2) is 0 Å². The number of rotatable bonds is 6. The predicted molar refractivity (Wildman–Crippen MR) is 61.9 cm³/mol. The monoisotopic (exact) mass is 210 g/mol. The van der Waals surface area contributed by atoms with Crippen molar-refractivity contribution in [3.8, 4) is 11.5 Å². The molecule has 0 unspecified atom stereocenters. The standard InChI is InChI=1S/C11H18O2Si/c1-3-4-9-14-13-11-8-6-5-7-10(11)12-2/h5-8H,3-4,9,14H2,1-2H3. The van der Waals surface area contributed by atoms with E-state index in [2.05, 4.69) is 6.92 Å². The van der Waals surface area contributed by atoms with E-state index in [0.717, 1.165) is 11.5 Å². The first-order valence-electron chi connectivity index (χ1n) is 5.14. The van der Waals surface area contributed by atoms with Crippen molar-refractivity contribution in [1.29, 1.82) is 0 Å². The highest BCUT2D eigenvalue weighted by Gasteiger charge is 2.00. The van der Waals surface area contributed by atoms with Gasteiger partial charge >= 0.3 is 0 Å². The van der Waals surface area contributed by atoms with Gasteiger partial charge in [0.25, 0.3) is 0 Å². The summed E-state index contributed by atoms with van der Waals surface area (Å²) in [5, 5.41) is 0. The summed E-state index contributed by atoms with van der Waals surface area (Å²) in [5.74, 6) is 1.74. The SMILES string of the molecule is CCCC[SiH2]Oc1ccccc1OC. The number of para-hydroxylation sites is 2. The Morgan fingerprint density at radius 1 is 1.21 bits per heavy atom. The third-order valence-corrected chi connectivity index (χ3v) is 3.38. The van der Waals surface area contributed by atoms with Crippen LogP contribution >= 0.6 is 0 Å². The van der Waals surface area contributed by atoms with Crippen molar-refractivity contribution in [3.05, 3.63) is 24.3 Å². The summed E-state index contributed by atoms with van der Waals surface area (Å²) in [6.45, 7) is 2.21. The van der Waals surface area contributed by atoms with Crippen molar-refractivity contribution in [2.75, 3.05) is 7.11 Å². The van der Waals surface area contributed by atoms with E-state index in [0.29, 0.717) is 0 Å². The molecular formula is C11H18O2Si. The van der Waals surface area contributed by atoms with Crippen LogP contribution in [0, 0.1) is 0 Å². The largest absolute Gasteiger partial charge is 0.547 e. The number of hydrogen-bond acceptors (Lipinski definition) is 2. The molecule has 0 aliphatic carbocycles. The van der Waals surface area contributed by atoms with Crippen LogP contribution in [-0.4, -0.2) is 16.9 Å². The maximum absolute atomic E-state index is 5.74. The van der Waals surface area contributed by atoms with Crippen molar-refractivity contribution < 1.29 is 9.16 Å². The quantitative estimate of drug-likeness (QED) is 0.530. The van der Waals surface area contributed by atoms with Gasteiger partial charge in [-0.2, -0.15) is 0 Å². The fourth-order valence-corrected chi connectivity index (χ4v) is 2.58. The Hall–Kier alpha value is -0.963. The highest BCUT2D eigenvalue weighted by atomic mass is 28.2. The molecule has 1 aromatic rings. The second kappa shape index (κ2) is 6.48. The lowest BCUT2D eigenvalue weighted by Gasteiger charge is -2.09. The summed E-state index contributed by atoms with van der Waals surface area (Å²) >= 11 is 0. The third-order valence-electron chi connectivity index (χ3n) is 2.07. The van der Waals surface area contributed by atoms with Gasteiger partial charge in [-0.05, 0) is 18.2 Å². The van der Waals surface area contributed by atoms with E-state index in [1.165, 1.54) is 18.9 Å². The molecule has 0 amide bonds. The molecule has 0 fully saturated rings. The van der Waals surface area contributed by atoms with Gasteiger partial charge in [0.1, 0.15) is 5.75 Å². The zero-order chi connectivity index (χ0) is 10.2. The topological polar surface area (TPSA) is 18.5 Å². The van der Waals surface area contributed by atoms with E-state index in [4.69, 9.17) is 9.16 Å². The van der Waals surface area contributed by atoms with Crippen LogP contribution in [0.15, 0.2) is 24.3 Å². The molecule has 1 rings (SSSR count). The summed E-state index contributed by atoms with van der Waals surface area (Å²) < 4.78 is 10.9. The van der Waals surface area contributed by atoms with Gasteiger partial charge in [0.05, 0.1) is 7.11 Å². The Bertz CT molecular complexity index is 263. The fourth-order valence-electron chi connectivity index (χ4n) is 1.27. The van der Waals surface area contributed by atoms with Gasteiger partial charge in [-0.3, -0.25) is 0 Å². The second-order valence-electron chi connectivity index (χ2n) is 3.21. The zero-order valence-electron chi connectivity index (χ0n) is 8.95. The maximum Gasteiger partial charge on any atom is 0.219 e. The van der Waals surface area contributed by atoms with E-state index in [1.54, 1.807) is 7.11 Å². The molecule has 0 N–H and O–H groups in total. The summed E-state index contributed by atoms with van der Waals surface area (Å²) in [7, 11) is 1.27. The molecule has 0 heterocycles. The van der Waals surface area contributed by atoms with Gasteiger partial charge in [0.2, 0.25) is 9.76 Å². The second-order valence-corrected chi connectivity index (χ2v) is 4.61. The van der Waals surface area contributed by atoms with Crippen molar-refractivity contribution in [3.63, 3.8) is 0 Å². The Kier molecular flexibility index (Phi) is 5.15. The van der Waals surface area contributed by atoms with E-state index < -0.39 is 9.76 Å². The summed E-state index contributed by atoms with van der Waals surface area (Å²) in [6.07, 6.45) is 2.53. The molecule has 0 spiro atoms. The van der Waals surface area contributed by atoms with Gasteiger partial charge in [-0.15, -0.1) is 0 Å². The minimum absolute atomic E-state index is 0.409. The van der Waals surface area contributed by atoms with Crippen LogP contribution in [-0.2, 0) is 0 Å². The lowest BCUT2D eigenvalue weighted by Crippen LogP contribution is -2.02. The van der Waals surface area contributed by atoms with E-state index in [-0.39, 0.29) is 0 Å². The first-order valence-corrected chi connectivity index (χ1v) is 6.72. The smallest absolute Gasteiger partial charge is 0.219 e. The number of unbranched alkanes of at least 4 members (excludes halogenated alkanes) is 1. The summed E-state index contributed by atoms with van der Waals surface area (Å²) in [5.41, 5.74) is 0. The summed E-state index contributed by atoms with van der Waals surface area (Å²) in [6, 6.07) is 9.08. The normalized spacial score (nSPS) is 10.7. The number of hydrogen-bond donors (Lipinski definition) is 0. The van der Waals surface area contributed by atoms with E-state index in [1.807, 2.05) is 24.3 Å². The van der Waals surface area contributed by atoms with Crippen LogP contribution in [0.25, 0.3) is 0 Å². The van der Waals surface area contributed by atoms with E-state index in [9.17, 15) is 0 Å². The minimum Gasteiger partial charge on any atom is -0.547 e. The Labute approximate surface area is 88.2 Å². The molecule has 0 radical (unpaired) electrons. The van der Waals surface area contributed by atoms with Crippen LogP contribution in [0.4, 0.5) is 0 Å². The molecule has 0 saturated carbocycles. The minimum atomic E-state index is -0.409. The molecule has 3 heteroatoms. The molecule has 78 valence electrons. The van der Waals surface area contributed by atoms with Crippen LogP contribution in [0.5, 0.6) is 11.5 Å². The average molecular weight is 210 g/mol. The molecule has 1 aromatic carbocycles. The lowest BCUT2D eigenvalue weighted by molar-refractivity contribution is 0.395. The third kappa shape index (κ3) is 3.42. The van der Waals surface area contributed by atoms with Crippen molar-refractivity contribution >= 4 is 9.76 Å². The zero-order valence-corrected chi connectivity index (χ0v) is 10.4. The summed E-state index contributed by atoms with van der Waals surface area (Å²) in [4.78, 5) is 0. The van der Waals surface area contributed by atoms with Crippen molar-refractivity contribution in [1.82, 2.24) is 0 Å². The molecule has 14 heavy (non-hydrogen) atoms. The van der Waals surface area contributed by atoms with E-state index >= 15 is 0 Å².